The second-order valence-corrected chi connectivity index (χ2v) is 7.47. The summed E-state index contributed by atoms with van der Waals surface area (Å²) in [5.74, 6) is 0.618. The molecular formula is C17H23Cl2N3S. The summed E-state index contributed by atoms with van der Waals surface area (Å²) >= 11 is 13.7. The molecule has 1 aromatic rings. The van der Waals surface area contributed by atoms with Crippen molar-refractivity contribution in [3.63, 3.8) is 0 Å². The average molecular weight is 372 g/mol. The fraction of sp³-hybridized carbons (Fsp3) is 0.471. The number of unbranched alkanes of at least 4 members (excludes halogenated alkanes) is 2. The first-order valence-corrected chi connectivity index (χ1v) is 9.62. The van der Waals surface area contributed by atoms with E-state index in [1.54, 1.807) is 17.8 Å². The number of rotatable bonds is 7. The van der Waals surface area contributed by atoms with E-state index in [9.17, 15) is 0 Å². The van der Waals surface area contributed by atoms with Gasteiger partial charge in [-0.05, 0) is 30.5 Å². The summed E-state index contributed by atoms with van der Waals surface area (Å²) in [6, 6.07) is 5.48. The highest BCUT2D eigenvalue weighted by Gasteiger charge is 2.13. The van der Waals surface area contributed by atoms with Crippen LogP contribution in [0.25, 0.3) is 5.70 Å². The van der Waals surface area contributed by atoms with Crippen LogP contribution in [0.2, 0.25) is 10.0 Å². The van der Waals surface area contributed by atoms with Gasteiger partial charge < -0.3 is 0 Å². The Kier molecular flexibility index (Phi) is 7.60. The van der Waals surface area contributed by atoms with Crippen LogP contribution in [0.4, 0.5) is 0 Å². The van der Waals surface area contributed by atoms with Gasteiger partial charge in [0.1, 0.15) is 0 Å². The average Bonchev–Trinajstić information content (AvgIpc) is 2.54. The summed E-state index contributed by atoms with van der Waals surface area (Å²) in [7, 11) is 0. The number of hydrogen-bond acceptors (Lipinski definition) is 3. The van der Waals surface area contributed by atoms with Gasteiger partial charge in [-0.2, -0.15) is 0 Å². The molecular weight excluding hydrogens is 349 g/mol. The van der Waals surface area contributed by atoms with Crippen LogP contribution in [0.3, 0.4) is 0 Å². The lowest BCUT2D eigenvalue weighted by Gasteiger charge is -2.20. The van der Waals surface area contributed by atoms with Crippen LogP contribution in [0, 0.1) is 5.92 Å². The van der Waals surface area contributed by atoms with Crippen molar-refractivity contribution in [1.29, 1.82) is 0 Å². The first kappa shape index (κ1) is 18.5. The Balaban J connectivity index is 1.89. The molecule has 0 bridgehead atoms. The molecule has 0 radical (unpaired) electrons. The van der Waals surface area contributed by atoms with Crippen molar-refractivity contribution in [3.8, 4) is 0 Å². The number of thioether (sulfide) groups is 1. The third-order valence-corrected chi connectivity index (χ3v) is 5.02. The maximum atomic E-state index is 6.23. The van der Waals surface area contributed by atoms with E-state index < -0.39 is 0 Å². The first-order valence-electron chi connectivity index (χ1n) is 7.99. The molecule has 0 saturated carbocycles. The molecule has 0 fully saturated rings. The largest absolute Gasteiger partial charge is 0.298 e. The van der Waals surface area contributed by atoms with E-state index >= 15 is 0 Å². The van der Waals surface area contributed by atoms with Gasteiger partial charge in [0, 0.05) is 22.5 Å². The highest BCUT2D eigenvalue weighted by molar-refractivity contribution is 8.16. The quantitative estimate of drug-likeness (QED) is 0.603. The van der Waals surface area contributed by atoms with E-state index in [0.29, 0.717) is 16.0 Å². The lowest BCUT2D eigenvalue weighted by atomic mass is 10.0. The standard InChI is InChI=1S/C17H23Cl2N3S/c1-3-4-5-6-12(2)10-20-17-22-21-16(11-23-17)14-8-7-13(18)9-15(14)19/h7-9,11-12,21H,3-6,10H2,1-2H3,(H,20,22)/t12-/m0/s1. The van der Waals surface area contributed by atoms with Gasteiger partial charge in [0.05, 0.1) is 10.7 Å². The van der Waals surface area contributed by atoms with Crippen LogP contribution in [0.1, 0.15) is 45.1 Å². The summed E-state index contributed by atoms with van der Waals surface area (Å²) in [4.78, 5) is 4.63. The Morgan fingerprint density at radius 1 is 1.22 bits per heavy atom. The van der Waals surface area contributed by atoms with E-state index in [1.165, 1.54) is 25.7 Å². The summed E-state index contributed by atoms with van der Waals surface area (Å²) in [5.41, 5.74) is 8.13. The van der Waals surface area contributed by atoms with E-state index in [1.807, 2.05) is 17.5 Å². The maximum absolute atomic E-state index is 6.23. The molecule has 0 saturated heterocycles. The van der Waals surface area contributed by atoms with Crippen molar-refractivity contribution in [2.45, 2.75) is 39.5 Å². The predicted molar refractivity (Wildman–Crippen MR) is 104 cm³/mol. The zero-order valence-corrected chi connectivity index (χ0v) is 15.9. The zero-order chi connectivity index (χ0) is 16.7. The van der Waals surface area contributed by atoms with Gasteiger partial charge in [0.2, 0.25) is 0 Å². The van der Waals surface area contributed by atoms with Crippen LogP contribution in [0.5, 0.6) is 0 Å². The monoisotopic (exact) mass is 371 g/mol. The molecule has 1 atom stereocenters. The number of hydrazine groups is 1. The number of hydrogen-bond donors (Lipinski definition) is 2. The van der Waals surface area contributed by atoms with Crippen molar-refractivity contribution >= 4 is 45.8 Å². The topological polar surface area (TPSA) is 36.4 Å². The van der Waals surface area contributed by atoms with Gasteiger partial charge in [-0.15, -0.1) is 0 Å². The third kappa shape index (κ3) is 5.94. The minimum atomic E-state index is 0.618. The molecule has 1 heterocycles. The Morgan fingerprint density at radius 3 is 2.70 bits per heavy atom. The molecule has 2 N–H and O–H groups in total. The second-order valence-electron chi connectivity index (χ2n) is 5.77. The van der Waals surface area contributed by atoms with E-state index in [2.05, 4.69) is 29.7 Å². The molecule has 0 unspecified atom stereocenters. The highest BCUT2D eigenvalue weighted by atomic mass is 35.5. The maximum Gasteiger partial charge on any atom is 0.179 e. The lowest BCUT2D eigenvalue weighted by Crippen LogP contribution is -2.37. The molecule has 23 heavy (non-hydrogen) atoms. The Morgan fingerprint density at radius 2 is 2.04 bits per heavy atom. The molecule has 3 nitrogen and oxygen atoms in total. The molecule has 0 amide bonds. The summed E-state index contributed by atoms with van der Waals surface area (Å²) < 4.78 is 0. The van der Waals surface area contributed by atoms with Crippen molar-refractivity contribution in [2.75, 3.05) is 6.54 Å². The fourth-order valence-corrected chi connectivity index (χ4v) is 3.47. The predicted octanol–water partition coefficient (Wildman–Crippen LogP) is 5.71. The van der Waals surface area contributed by atoms with Crippen molar-refractivity contribution in [1.82, 2.24) is 10.9 Å². The Labute approximate surface area is 152 Å². The highest BCUT2D eigenvalue weighted by Crippen LogP contribution is 2.28. The second kappa shape index (κ2) is 9.45. The molecule has 0 aromatic heterocycles. The fourth-order valence-electron chi connectivity index (χ4n) is 2.28. The third-order valence-electron chi connectivity index (χ3n) is 3.66. The number of amidine groups is 1. The normalized spacial score (nSPS) is 17.4. The lowest BCUT2D eigenvalue weighted by molar-refractivity contribution is 0.505. The van der Waals surface area contributed by atoms with Gasteiger partial charge in [-0.1, -0.05) is 68.1 Å². The summed E-state index contributed by atoms with van der Waals surface area (Å²) in [6.45, 7) is 5.34. The minimum absolute atomic E-state index is 0.618. The van der Waals surface area contributed by atoms with Gasteiger partial charge >= 0.3 is 0 Å². The first-order chi connectivity index (χ1) is 11.1. The number of aliphatic imine (C=N–C) groups is 1. The van der Waals surface area contributed by atoms with Gasteiger partial charge in [0.25, 0.3) is 0 Å². The van der Waals surface area contributed by atoms with Crippen molar-refractivity contribution in [3.05, 3.63) is 39.2 Å². The van der Waals surface area contributed by atoms with E-state index in [0.717, 1.165) is 23.0 Å². The van der Waals surface area contributed by atoms with Crippen LogP contribution in [-0.2, 0) is 0 Å². The van der Waals surface area contributed by atoms with E-state index in [4.69, 9.17) is 23.2 Å². The Bertz CT molecular complexity index is 587. The summed E-state index contributed by atoms with van der Waals surface area (Å²) in [5, 5.41) is 4.17. The molecule has 0 spiro atoms. The number of nitrogens with zero attached hydrogens (tertiary/aromatic N) is 1. The number of nitrogens with one attached hydrogen (secondary N) is 2. The zero-order valence-electron chi connectivity index (χ0n) is 13.5. The smallest absolute Gasteiger partial charge is 0.179 e. The van der Waals surface area contributed by atoms with Gasteiger partial charge in [0.15, 0.2) is 5.17 Å². The molecule has 1 aromatic carbocycles. The van der Waals surface area contributed by atoms with E-state index in [-0.39, 0.29) is 0 Å². The van der Waals surface area contributed by atoms with Crippen LogP contribution < -0.4 is 10.9 Å². The van der Waals surface area contributed by atoms with Crippen LogP contribution >= 0.6 is 35.0 Å². The minimum Gasteiger partial charge on any atom is -0.298 e. The molecule has 1 aliphatic heterocycles. The van der Waals surface area contributed by atoms with Crippen molar-refractivity contribution < 1.29 is 0 Å². The molecule has 126 valence electrons. The van der Waals surface area contributed by atoms with Crippen LogP contribution in [-0.4, -0.2) is 11.7 Å². The SMILES string of the molecule is CCCCC[C@H](C)CN=C1NNC(c2ccc(Cl)cc2Cl)=CS1. The molecule has 2 rings (SSSR count). The number of halogens is 2. The molecule has 6 heteroatoms. The number of benzene rings is 1. The van der Waals surface area contributed by atoms with Gasteiger partial charge in [-0.25, -0.2) is 0 Å². The Hall–Kier alpha value is -0.840. The molecule has 0 aliphatic carbocycles. The van der Waals surface area contributed by atoms with Gasteiger partial charge in [-0.3, -0.25) is 15.8 Å². The summed E-state index contributed by atoms with van der Waals surface area (Å²) in [6.07, 6.45) is 5.11. The molecule has 1 aliphatic rings. The van der Waals surface area contributed by atoms with Crippen LogP contribution in [0.15, 0.2) is 28.6 Å². The van der Waals surface area contributed by atoms with Crippen molar-refractivity contribution in [2.24, 2.45) is 10.9 Å².